The summed E-state index contributed by atoms with van der Waals surface area (Å²) in [5.74, 6) is -0.0307. The molecule has 13 heavy (non-hydrogen) atoms. The van der Waals surface area contributed by atoms with Gasteiger partial charge in [-0.2, -0.15) is 0 Å². The molecular weight excluding hydrogens is 186 g/mol. The number of carbonyl (C=O) groups is 2. The van der Waals surface area contributed by atoms with Crippen LogP contribution in [-0.4, -0.2) is 33.8 Å². The summed E-state index contributed by atoms with van der Waals surface area (Å²) in [5, 5.41) is 0.269. The second-order valence-electron chi connectivity index (χ2n) is 3.35. The van der Waals surface area contributed by atoms with E-state index in [9.17, 15) is 9.59 Å². The van der Waals surface area contributed by atoms with Gasteiger partial charge in [0.2, 0.25) is 11.8 Å². The van der Waals surface area contributed by atoms with Crippen molar-refractivity contribution in [3.05, 3.63) is 0 Å². The zero-order valence-corrected chi connectivity index (χ0v) is 9.06. The van der Waals surface area contributed by atoms with Gasteiger partial charge in [-0.25, -0.2) is 0 Å². The fourth-order valence-electron chi connectivity index (χ4n) is 1.42. The van der Waals surface area contributed by atoms with Crippen molar-refractivity contribution in [2.75, 3.05) is 6.54 Å². The highest BCUT2D eigenvalue weighted by atomic mass is 32.2. The highest BCUT2D eigenvalue weighted by Gasteiger charge is 2.37. The first-order chi connectivity index (χ1) is 6.06. The molecule has 3 nitrogen and oxygen atoms in total. The number of carbonyl (C=O) groups excluding carboxylic acids is 2. The summed E-state index contributed by atoms with van der Waals surface area (Å²) in [6.07, 6.45) is 0.384. The zero-order valence-electron chi connectivity index (χ0n) is 8.24. The number of nitrogens with zero attached hydrogens (tertiary/aromatic N) is 1. The monoisotopic (exact) mass is 201 g/mol. The third kappa shape index (κ3) is 2.24. The predicted octanol–water partition coefficient (Wildman–Crippen LogP) is 1.28. The number of rotatable bonds is 3. The molecule has 1 fully saturated rings. The maximum atomic E-state index is 11.6. The van der Waals surface area contributed by atoms with Crippen LogP contribution in [0.15, 0.2) is 0 Å². The van der Waals surface area contributed by atoms with Gasteiger partial charge in [0.1, 0.15) is 0 Å². The van der Waals surface area contributed by atoms with Gasteiger partial charge in [0.25, 0.3) is 0 Å². The quantitative estimate of drug-likeness (QED) is 0.645. The van der Waals surface area contributed by atoms with Gasteiger partial charge < -0.3 is 0 Å². The first kappa shape index (κ1) is 10.6. The molecule has 4 heteroatoms. The standard InChI is InChI=1S/C9H15NO2S/c1-4-10-8(11)5-7(9(10)12)13-6(2)3/h6-7H,4-5H2,1-3H3. The fraction of sp³-hybridized carbons (Fsp3) is 0.778. The van der Waals surface area contributed by atoms with Crippen molar-refractivity contribution in [2.45, 2.75) is 37.7 Å². The number of amides is 2. The Morgan fingerprint density at radius 1 is 1.54 bits per heavy atom. The third-order valence-corrected chi connectivity index (χ3v) is 3.20. The number of imide groups is 1. The zero-order chi connectivity index (χ0) is 10.0. The molecule has 74 valence electrons. The van der Waals surface area contributed by atoms with Gasteiger partial charge in [-0.15, -0.1) is 11.8 Å². The molecule has 0 radical (unpaired) electrons. The van der Waals surface area contributed by atoms with Crippen LogP contribution in [0.2, 0.25) is 0 Å². The molecule has 0 bridgehead atoms. The van der Waals surface area contributed by atoms with E-state index in [1.165, 1.54) is 4.90 Å². The first-order valence-corrected chi connectivity index (χ1v) is 5.50. The Bertz CT molecular complexity index is 228. The van der Waals surface area contributed by atoms with Crippen LogP contribution in [0.25, 0.3) is 0 Å². The molecule has 1 rings (SSSR count). The molecule has 1 heterocycles. The molecular formula is C9H15NO2S. The lowest BCUT2D eigenvalue weighted by Crippen LogP contribution is -2.31. The summed E-state index contributed by atoms with van der Waals surface area (Å²) in [7, 11) is 0. The average Bonchev–Trinajstić information content (AvgIpc) is 2.26. The van der Waals surface area contributed by atoms with E-state index in [1.807, 2.05) is 20.8 Å². The highest BCUT2D eigenvalue weighted by molar-refractivity contribution is 8.01. The molecule has 0 aromatic rings. The number of thioether (sulfide) groups is 1. The Morgan fingerprint density at radius 3 is 2.54 bits per heavy atom. The van der Waals surface area contributed by atoms with Crippen molar-refractivity contribution in [3.8, 4) is 0 Å². The van der Waals surface area contributed by atoms with E-state index in [2.05, 4.69) is 0 Å². The molecule has 1 atom stereocenters. The smallest absolute Gasteiger partial charge is 0.242 e. The van der Waals surface area contributed by atoms with Crippen molar-refractivity contribution in [3.63, 3.8) is 0 Å². The third-order valence-electron chi connectivity index (χ3n) is 1.96. The van der Waals surface area contributed by atoms with E-state index < -0.39 is 0 Å². The number of likely N-dealkylation sites (tertiary alicyclic amines) is 1. The van der Waals surface area contributed by atoms with Crippen molar-refractivity contribution >= 4 is 23.6 Å². The summed E-state index contributed by atoms with van der Waals surface area (Å²) in [5.41, 5.74) is 0. The minimum absolute atomic E-state index is 0.00815. The topological polar surface area (TPSA) is 37.4 Å². The molecule has 0 aromatic carbocycles. The number of hydrogen-bond donors (Lipinski definition) is 0. The van der Waals surface area contributed by atoms with E-state index in [-0.39, 0.29) is 17.1 Å². The van der Waals surface area contributed by atoms with Crippen molar-refractivity contribution < 1.29 is 9.59 Å². The lowest BCUT2D eigenvalue weighted by molar-refractivity contribution is -0.137. The Balaban J connectivity index is 2.62. The maximum Gasteiger partial charge on any atom is 0.242 e. The Hall–Kier alpha value is -0.510. The summed E-state index contributed by atoms with van der Waals surface area (Å²) in [6, 6.07) is 0. The van der Waals surface area contributed by atoms with Crippen molar-refractivity contribution in [1.82, 2.24) is 4.90 Å². The highest BCUT2D eigenvalue weighted by Crippen LogP contribution is 2.27. The van der Waals surface area contributed by atoms with Crippen LogP contribution in [-0.2, 0) is 9.59 Å². The Kier molecular flexibility index (Phi) is 3.36. The molecule has 0 spiro atoms. The Morgan fingerprint density at radius 2 is 2.15 bits per heavy atom. The Labute approximate surface area is 82.9 Å². The van der Waals surface area contributed by atoms with E-state index in [4.69, 9.17) is 0 Å². The minimum atomic E-state index is -0.132. The van der Waals surface area contributed by atoms with Crippen LogP contribution in [0, 0.1) is 0 Å². The second kappa shape index (κ2) is 4.13. The SMILES string of the molecule is CCN1C(=O)CC(SC(C)C)C1=O. The van der Waals surface area contributed by atoms with Crippen molar-refractivity contribution in [2.24, 2.45) is 0 Å². The molecule has 1 saturated heterocycles. The summed E-state index contributed by atoms with van der Waals surface area (Å²) in [6.45, 7) is 6.42. The largest absolute Gasteiger partial charge is 0.282 e. The molecule has 0 aromatic heterocycles. The first-order valence-electron chi connectivity index (χ1n) is 4.56. The van der Waals surface area contributed by atoms with Gasteiger partial charge in [-0.3, -0.25) is 14.5 Å². The maximum absolute atomic E-state index is 11.6. The van der Waals surface area contributed by atoms with Crippen LogP contribution in [0.1, 0.15) is 27.2 Å². The van der Waals surface area contributed by atoms with Crippen LogP contribution in [0.4, 0.5) is 0 Å². The van der Waals surface area contributed by atoms with Gasteiger partial charge in [0, 0.05) is 13.0 Å². The van der Waals surface area contributed by atoms with Crippen LogP contribution < -0.4 is 0 Å². The van der Waals surface area contributed by atoms with Gasteiger partial charge in [0.15, 0.2) is 0 Å². The molecule has 1 unspecified atom stereocenters. The number of hydrogen-bond acceptors (Lipinski definition) is 3. The predicted molar refractivity (Wildman–Crippen MR) is 53.5 cm³/mol. The fourth-order valence-corrected chi connectivity index (χ4v) is 2.56. The van der Waals surface area contributed by atoms with Crippen LogP contribution >= 0.6 is 11.8 Å². The second-order valence-corrected chi connectivity index (χ2v) is 5.14. The molecule has 0 saturated carbocycles. The van der Waals surface area contributed by atoms with Crippen molar-refractivity contribution in [1.29, 1.82) is 0 Å². The van der Waals surface area contributed by atoms with Gasteiger partial charge >= 0.3 is 0 Å². The van der Waals surface area contributed by atoms with Crippen LogP contribution in [0.5, 0.6) is 0 Å². The van der Waals surface area contributed by atoms with Crippen LogP contribution in [0.3, 0.4) is 0 Å². The molecule has 0 N–H and O–H groups in total. The lowest BCUT2D eigenvalue weighted by Gasteiger charge is -2.12. The lowest BCUT2D eigenvalue weighted by atomic mass is 10.4. The van der Waals surface area contributed by atoms with Gasteiger partial charge in [0.05, 0.1) is 5.25 Å². The molecule has 1 aliphatic heterocycles. The van der Waals surface area contributed by atoms with E-state index in [0.717, 1.165) is 0 Å². The summed E-state index contributed by atoms with van der Waals surface area (Å²) < 4.78 is 0. The molecule has 2 amide bonds. The summed E-state index contributed by atoms with van der Waals surface area (Å²) in [4.78, 5) is 24.2. The molecule has 1 aliphatic rings. The molecule has 0 aliphatic carbocycles. The van der Waals surface area contributed by atoms with E-state index >= 15 is 0 Å². The minimum Gasteiger partial charge on any atom is -0.282 e. The van der Waals surface area contributed by atoms with E-state index in [0.29, 0.717) is 18.2 Å². The van der Waals surface area contributed by atoms with Gasteiger partial charge in [-0.05, 0) is 12.2 Å². The van der Waals surface area contributed by atoms with Gasteiger partial charge in [-0.1, -0.05) is 13.8 Å². The normalized spacial score (nSPS) is 23.4. The average molecular weight is 201 g/mol. The van der Waals surface area contributed by atoms with E-state index in [1.54, 1.807) is 11.8 Å². The summed E-state index contributed by atoms with van der Waals surface area (Å²) >= 11 is 1.58.